The minimum absolute atomic E-state index is 0.944. The second kappa shape index (κ2) is 9.09. The lowest BCUT2D eigenvalue weighted by atomic mass is 10.5. The summed E-state index contributed by atoms with van der Waals surface area (Å²) in [6, 6.07) is 5.72. The van der Waals surface area contributed by atoms with Crippen molar-refractivity contribution in [3.05, 3.63) is 30.6 Å². The Kier molecular flexibility index (Phi) is 7.64. The Morgan fingerprint density at radius 2 is 1.42 bits per heavy atom. The molecule has 0 atom stereocenters. The molecular weight excluding hydrogens is 158 g/mol. The van der Waals surface area contributed by atoms with Gasteiger partial charge in [-0.3, -0.25) is 4.98 Å². The first kappa shape index (κ1) is 10.1. The van der Waals surface area contributed by atoms with E-state index in [0.29, 0.717) is 0 Å². The predicted molar refractivity (Wildman–Crippen MR) is 44.8 cm³/mol. The average molecular weight is 167 g/mol. The van der Waals surface area contributed by atoms with Gasteiger partial charge in [0.25, 0.3) is 0 Å². The Hall–Kier alpha value is -1.91. The third-order valence-corrected chi connectivity index (χ3v) is 0.766. The van der Waals surface area contributed by atoms with E-state index in [4.69, 9.17) is 10.4 Å². The summed E-state index contributed by atoms with van der Waals surface area (Å²) in [7, 11) is 0. The summed E-state index contributed by atoms with van der Waals surface area (Å²) in [5.41, 5.74) is 0. The van der Waals surface area contributed by atoms with Crippen LogP contribution in [-0.2, 0) is 0 Å². The molecule has 12 heavy (non-hydrogen) atoms. The number of pyridine rings is 1. The Bertz CT molecular complexity index is 187. The number of rotatable bonds is 1. The molecule has 0 radical (unpaired) electrons. The van der Waals surface area contributed by atoms with Crippen molar-refractivity contribution < 1.29 is 10.4 Å². The van der Waals surface area contributed by atoms with Crippen molar-refractivity contribution in [2.24, 2.45) is 10.3 Å². The SMILES string of the molecule is O/N=C\C=N/O.c1ccncc1. The molecule has 0 aliphatic carbocycles. The summed E-state index contributed by atoms with van der Waals surface area (Å²) in [5.74, 6) is 0. The van der Waals surface area contributed by atoms with E-state index in [9.17, 15) is 0 Å². The molecular formula is C7H9N3O2. The molecule has 0 fully saturated rings. The fourth-order valence-electron chi connectivity index (χ4n) is 0.372. The van der Waals surface area contributed by atoms with Gasteiger partial charge in [-0.05, 0) is 12.1 Å². The standard InChI is InChI=1S/C5H5N.C2H4N2O2/c1-2-4-6-5-3-1;5-3-1-2-4-6/h1-5H;1-2,5-6H/b;3-1-,4-2-. The van der Waals surface area contributed by atoms with Gasteiger partial charge in [-0.2, -0.15) is 0 Å². The molecule has 64 valence electrons. The predicted octanol–water partition coefficient (Wildman–Crippen LogP) is 0.988. The van der Waals surface area contributed by atoms with Crippen LogP contribution in [0, 0.1) is 0 Å². The lowest BCUT2D eigenvalue weighted by molar-refractivity contribution is 0.317. The zero-order chi connectivity index (χ0) is 9.07. The van der Waals surface area contributed by atoms with Crippen LogP contribution < -0.4 is 0 Å². The van der Waals surface area contributed by atoms with Crippen molar-refractivity contribution in [3.8, 4) is 0 Å². The molecule has 0 amide bonds. The monoisotopic (exact) mass is 167 g/mol. The van der Waals surface area contributed by atoms with E-state index < -0.39 is 0 Å². The molecule has 2 N–H and O–H groups in total. The molecule has 0 saturated carbocycles. The lowest BCUT2D eigenvalue weighted by Gasteiger charge is -1.70. The average Bonchev–Trinajstić information content (AvgIpc) is 2.18. The van der Waals surface area contributed by atoms with Crippen molar-refractivity contribution in [1.82, 2.24) is 4.98 Å². The van der Waals surface area contributed by atoms with Crippen LogP contribution in [0.2, 0.25) is 0 Å². The van der Waals surface area contributed by atoms with Gasteiger partial charge in [0.1, 0.15) is 0 Å². The van der Waals surface area contributed by atoms with Crippen molar-refractivity contribution in [3.63, 3.8) is 0 Å². The molecule has 0 aromatic carbocycles. The van der Waals surface area contributed by atoms with E-state index in [0.717, 1.165) is 12.4 Å². The van der Waals surface area contributed by atoms with Crippen molar-refractivity contribution in [2.45, 2.75) is 0 Å². The first-order valence-corrected chi connectivity index (χ1v) is 3.10. The molecule has 5 nitrogen and oxygen atoms in total. The molecule has 1 aromatic rings. The van der Waals surface area contributed by atoms with Crippen LogP contribution in [0.25, 0.3) is 0 Å². The zero-order valence-corrected chi connectivity index (χ0v) is 6.28. The molecule has 1 aromatic heterocycles. The van der Waals surface area contributed by atoms with Crippen LogP contribution in [0.5, 0.6) is 0 Å². The van der Waals surface area contributed by atoms with Gasteiger partial charge < -0.3 is 10.4 Å². The van der Waals surface area contributed by atoms with E-state index in [1.165, 1.54) is 0 Å². The largest absolute Gasteiger partial charge is 0.411 e. The smallest absolute Gasteiger partial charge is 0.0877 e. The maximum Gasteiger partial charge on any atom is 0.0877 e. The van der Waals surface area contributed by atoms with Crippen LogP contribution >= 0.6 is 0 Å². The summed E-state index contributed by atoms with van der Waals surface area (Å²) in [6.45, 7) is 0. The highest BCUT2D eigenvalue weighted by molar-refractivity contribution is 6.15. The van der Waals surface area contributed by atoms with Gasteiger partial charge in [-0.25, -0.2) is 0 Å². The Labute approximate surface area is 69.7 Å². The third kappa shape index (κ3) is 8.09. The van der Waals surface area contributed by atoms with Crippen LogP contribution in [0.4, 0.5) is 0 Å². The second-order valence-electron chi connectivity index (χ2n) is 1.55. The maximum absolute atomic E-state index is 7.56. The van der Waals surface area contributed by atoms with Gasteiger partial charge in [-0.15, -0.1) is 0 Å². The van der Waals surface area contributed by atoms with Gasteiger partial charge in [0.15, 0.2) is 0 Å². The summed E-state index contributed by atoms with van der Waals surface area (Å²) < 4.78 is 0. The highest BCUT2D eigenvalue weighted by Gasteiger charge is 1.58. The van der Waals surface area contributed by atoms with Crippen LogP contribution in [0.15, 0.2) is 40.9 Å². The molecule has 1 rings (SSSR count). The van der Waals surface area contributed by atoms with Gasteiger partial charge in [0, 0.05) is 12.4 Å². The number of oxime groups is 2. The lowest BCUT2D eigenvalue weighted by Crippen LogP contribution is -1.70. The second-order valence-corrected chi connectivity index (χ2v) is 1.55. The van der Waals surface area contributed by atoms with E-state index in [1.54, 1.807) is 12.4 Å². The third-order valence-electron chi connectivity index (χ3n) is 0.766. The normalized spacial score (nSPS) is 9.67. The molecule has 0 bridgehead atoms. The number of nitrogens with zero attached hydrogens (tertiary/aromatic N) is 3. The fraction of sp³-hybridized carbons (Fsp3) is 0. The van der Waals surface area contributed by atoms with Crippen molar-refractivity contribution >= 4 is 12.4 Å². The highest BCUT2D eigenvalue weighted by atomic mass is 16.4. The summed E-state index contributed by atoms with van der Waals surface area (Å²) >= 11 is 0. The first-order chi connectivity index (χ1) is 5.91. The van der Waals surface area contributed by atoms with Gasteiger partial charge in [0.05, 0.1) is 12.4 Å². The summed E-state index contributed by atoms with van der Waals surface area (Å²) in [6.07, 6.45) is 5.39. The Morgan fingerprint density at radius 1 is 0.917 bits per heavy atom. The van der Waals surface area contributed by atoms with Crippen molar-refractivity contribution in [2.75, 3.05) is 0 Å². The van der Waals surface area contributed by atoms with E-state index in [2.05, 4.69) is 15.3 Å². The summed E-state index contributed by atoms with van der Waals surface area (Å²) in [5, 5.41) is 20.1. The molecule has 0 saturated heterocycles. The Balaban J connectivity index is 0.000000202. The van der Waals surface area contributed by atoms with Crippen molar-refractivity contribution in [1.29, 1.82) is 0 Å². The van der Waals surface area contributed by atoms with E-state index in [1.807, 2.05) is 18.2 Å². The molecule has 0 aliphatic rings. The van der Waals surface area contributed by atoms with Crippen LogP contribution in [-0.4, -0.2) is 27.8 Å². The van der Waals surface area contributed by atoms with Crippen LogP contribution in [0.1, 0.15) is 0 Å². The number of hydrogen-bond acceptors (Lipinski definition) is 5. The number of aromatic nitrogens is 1. The fourth-order valence-corrected chi connectivity index (χ4v) is 0.372. The van der Waals surface area contributed by atoms with Gasteiger partial charge >= 0.3 is 0 Å². The molecule has 0 spiro atoms. The summed E-state index contributed by atoms with van der Waals surface area (Å²) in [4.78, 5) is 3.78. The van der Waals surface area contributed by atoms with Gasteiger partial charge in [0.2, 0.25) is 0 Å². The molecule has 5 heteroatoms. The zero-order valence-electron chi connectivity index (χ0n) is 6.28. The molecule has 0 aliphatic heterocycles. The van der Waals surface area contributed by atoms with Gasteiger partial charge in [-0.1, -0.05) is 16.4 Å². The number of hydrogen-bond donors (Lipinski definition) is 2. The molecule has 0 unspecified atom stereocenters. The highest BCUT2D eigenvalue weighted by Crippen LogP contribution is 1.73. The van der Waals surface area contributed by atoms with E-state index >= 15 is 0 Å². The quantitative estimate of drug-likeness (QED) is 0.372. The first-order valence-electron chi connectivity index (χ1n) is 3.10. The molecule has 1 heterocycles. The Morgan fingerprint density at radius 3 is 1.58 bits per heavy atom. The topological polar surface area (TPSA) is 78.1 Å². The van der Waals surface area contributed by atoms with Crippen LogP contribution in [0.3, 0.4) is 0 Å². The minimum Gasteiger partial charge on any atom is -0.411 e. The minimum atomic E-state index is 0.944. The van der Waals surface area contributed by atoms with E-state index in [-0.39, 0.29) is 0 Å². The maximum atomic E-state index is 7.56.